The summed E-state index contributed by atoms with van der Waals surface area (Å²) in [5.41, 5.74) is 0.921. The van der Waals surface area contributed by atoms with Crippen molar-refractivity contribution >= 4 is 10.0 Å². The number of rotatable bonds is 4. The van der Waals surface area contributed by atoms with E-state index in [1.54, 1.807) is 34.9 Å². The second-order valence-electron chi connectivity index (χ2n) is 7.71. The summed E-state index contributed by atoms with van der Waals surface area (Å²) in [5.74, 6) is 0. The fourth-order valence-corrected chi connectivity index (χ4v) is 5.84. The molecule has 1 saturated carbocycles. The highest BCUT2D eigenvalue weighted by Crippen LogP contribution is 2.31. The molecule has 2 unspecified atom stereocenters. The standard InChI is InChI=1S/C20H25N3O4S/c24-19-17-11-4-5-12-18(17)23(20(25)21-19)15-8-6-7-14(13-15)22-28(26,27)16-9-2-1-3-10-16/h1-3,9-10,14-15,22H,4-8,11-13H2,(H,21,24,25). The van der Waals surface area contributed by atoms with E-state index in [1.165, 1.54) is 0 Å². The number of aromatic amines is 1. The molecular formula is C20H25N3O4S. The molecule has 0 radical (unpaired) electrons. The molecule has 0 aliphatic heterocycles. The van der Waals surface area contributed by atoms with Crippen LogP contribution >= 0.6 is 0 Å². The maximum Gasteiger partial charge on any atom is 0.328 e. The average Bonchev–Trinajstić information content (AvgIpc) is 2.69. The van der Waals surface area contributed by atoms with Crippen LogP contribution in [0.1, 0.15) is 55.8 Å². The summed E-state index contributed by atoms with van der Waals surface area (Å²) in [6.45, 7) is 0. The molecule has 2 aromatic rings. The fraction of sp³-hybridized carbons (Fsp3) is 0.500. The fourth-order valence-electron chi connectivity index (χ4n) is 4.53. The highest BCUT2D eigenvalue weighted by atomic mass is 32.2. The van der Waals surface area contributed by atoms with E-state index in [9.17, 15) is 18.0 Å². The number of hydrogen-bond acceptors (Lipinski definition) is 4. The molecule has 2 aliphatic carbocycles. The highest BCUT2D eigenvalue weighted by Gasteiger charge is 2.30. The van der Waals surface area contributed by atoms with Crippen molar-refractivity contribution in [1.29, 1.82) is 0 Å². The number of nitrogens with zero attached hydrogens (tertiary/aromatic N) is 1. The predicted molar refractivity (Wildman–Crippen MR) is 106 cm³/mol. The van der Waals surface area contributed by atoms with E-state index in [0.29, 0.717) is 12.8 Å². The molecule has 4 rings (SSSR count). The maximum absolute atomic E-state index is 12.7. The van der Waals surface area contributed by atoms with Gasteiger partial charge in [0.1, 0.15) is 0 Å². The minimum absolute atomic E-state index is 0.103. The number of benzene rings is 1. The van der Waals surface area contributed by atoms with E-state index in [0.717, 1.165) is 49.8 Å². The SMILES string of the molecule is O=c1[nH]c(=O)n(C2CCCC(NS(=O)(=O)c3ccccc3)C2)c2c1CCCC2. The molecule has 0 saturated heterocycles. The van der Waals surface area contributed by atoms with Gasteiger partial charge in [-0.25, -0.2) is 17.9 Å². The molecule has 28 heavy (non-hydrogen) atoms. The second-order valence-corrected chi connectivity index (χ2v) is 9.43. The third kappa shape index (κ3) is 3.71. The monoisotopic (exact) mass is 403 g/mol. The van der Waals surface area contributed by atoms with Gasteiger partial charge in [-0.05, 0) is 63.5 Å². The van der Waals surface area contributed by atoms with Crippen LogP contribution in [0.2, 0.25) is 0 Å². The van der Waals surface area contributed by atoms with Crippen molar-refractivity contribution in [2.75, 3.05) is 0 Å². The lowest BCUT2D eigenvalue weighted by molar-refractivity contribution is 0.290. The Morgan fingerprint density at radius 3 is 2.54 bits per heavy atom. The van der Waals surface area contributed by atoms with E-state index < -0.39 is 10.0 Å². The summed E-state index contributed by atoms with van der Waals surface area (Å²) in [7, 11) is -3.59. The van der Waals surface area contributed by atoms with E-state index in [-0.39, 0.29) is 28.2 Å². The first-order chi connectivity index (χ1) is 13.5. The Morgan fingerprint density at radius 2 is 1.75 bits per heavy atom. The largest absolute Gasteiger partial charge is 0.328 e. The number of hydrogen-bond donors (Lipinski definition) is 2. The van der Waals surface area contributed by atoms with Crippen LogP contribution in [0.15, 0.2) is 44.8 Å². The molecule has 2 aliphatic rings. The van der Waals surface area contributed by atoms with Crippen molar-refractivity contribution in [3.05, 3.63) is 62.4 Å². The number of nitrogens with one attached hydrogen (secondary N) is 2. The first-order valence-electron chi connectivity index (χ1n) is 9.89. The van der Waals surface area contributed by atoms with Crippen molar-refractivity contribution in [2.45, 2.75) is 68.3 Å². The molecule has 0 amide bonds. The van der Waals surface area contributed by atoms with Gasteiger partial charge in [-0.2, -0.15) is 0 Å². The molecule has 1 fully saturated rings. The molecule has 0 spiro atoms. The summed E-state index contributed by atoms with van der Waals surface area (Å²) in [4.78, 5) is 27.5. The molecule has 8 heteroatoms. The van der Waals surface area contributed by atoms with Crippen LogP contribution in [0.4, 0.5) is 0 Å². The zero-order chi connectivity index (χ0) is 19.7. The lowest BCUT2D eigenvalue weighted by Gasteiger charge is -2.33. The van der Waals surface area contributed by atoms with E-state index in [1.807, 2.05) is 0 Å². The van der Waals surface area contributed by atoms with E-state index >= 15 is 0 Å². The smallest absolute Gasteiger partial charge is 0.294 e. The minimum atomic E-state index is -3.59. The lowest BCUT2D eigenvalue weighted by Crippen LogP contribution is -2.43. The lowest BCUT2D eigenvalue weighted by atomic mass is 9.89. The molecule has 2 N–H and O–H groups in total. The van der Waals surface area contributed by atoms with Crippen LogP contribution in [0.5, 0.6) is 0 Å². The number of sulfonamides is 1. The Bertz CT molecular complexity index is 1070. The Morgan fingerprint density at radius 1 is 1.00 bits per heavy atom. The molecule has 0 bridgehead atoms. The third-order valence-corrected chi connectivity index (χ3v) is 7.37. The topological polar surface area (TPSA) is 101 Å². The highest BCUT2D eigenvalue weighted by molar-refractivity contribution is 7.89. The molecule has 1 aromatic heterocycles. The van der Waals surface area contributed by atoms with Crippen LogP contribution in [-0.4, -0.2) is 24.0 Å². The first kappa shape index (κ1) is 19.1. The normalized spacial score (nSPS) is 22.6. The molecular weight excluding hydrogens is 378 g/mol. The summed E-state index contributed by atoms with van der Waals surface area (Å²) < 4.78 is 29.9. The van der Waals surface area contributed by atoms with Crippen LogP contribution in [0, 0.1) is 0 Å². The molecule has 1 aromatic carbocycles. The summed E-state index contributed by atoms with van der Waals surface area (Å²) in [6, 6.07) is 7.99. The quantitative estimate of drug-likeness (QED) is 0.814. The second kappa shape index (κ2) is 7.67. The van der Waals surface area contributed by atoms with Crippen LogP contribution in [-0.2, 0) is 22.9 Å². The van der Waals surface area contributed by atoms with Gasteiger partial charge in [0.2, 0.25) is 10.0 Å². The van der Waals surface area contributed by atoms with Crippen molar-refractivity contribution in [3.63, 3.8) is 0 Å². The third-order valence-electron chi connectivity index (χ3n) is 5.83. The van der Waals surface area contributed by atoms with Gasteiger partial charge in [0, 0.05) is 23.3 Å². The predicted octanol–water partition coefficient (Wildman–Crippen LogP) is 1.88. The Labute approximate surface area is 163 Å². The van der Waals surface area contributed by atoms with E-state index in [4.69, 9.17) is 0 Å². The Balaban J connectivity index is 1.60. The zero-order valence-electron chi connectivity index (χ0n) is 15.7. The number of aromatic nitrogens is 2. The van der Waals surface area contributed by atoms with Crippen molar-refractivity contribution in [2.24, 2.45) is 0 Å². The average molecular weight is 404 g/mol. The Kier molecular flexibility index (Phi) is 5.25. The number of fused-ring (bicyclic) bond motifs is 1. The van der Waals surface area contributed by atoms with Crippen molar-refractivity contribution < 1.29 is 8.42 Å². The van der Waals surface area contributed by atoms with Gasteiger partial charge in [-0.1, -0.05) is 18.2 Å². The first-order valence-corrected chi connectivity index (χ1v) is 11.4. The maximum atomic E-state index is 12.7. The van der Waals surface area contributed by atoms with Gasteiger partial charge in [0.05, 0.1) is 4.90 Å². The van der Waals surface area contributed by atoms with Crippen LogP contribution in [0.25, 0.3) is 0 Å². The van der Waals surface area contributed by atoms with Gasteiger partial charge in [0.25, 0.3) is 5.56 Å². The van der Waals surface area contributed by atoms with Crippen LogP contribution in [0.3, 0.4) is 0 Å². The van der Waals surface area contributed by atoms with Gasteiger partial charge in [0.15, 0.2) is 0 Å². The minimum Gasteiger partial charge on any atom is -0.294 e. The molecule has 150 valence electrons. The van der Waals surface area contributed by atoms with Gasteiger partial charge in [-0.15, -0.1) is 0 Å². The summed E-state index contributed by atoms with van der Waals surface area (Å²) in [5, 5.41) is 0. The molecule has 1 heterocycles. The van der Waals surface area contributed by atoms with Crippen molar-refractivity contribution in [3.8, 4) is 0 Å². The van der Waals surface area contributed by atoms with Gasteiger partial charge in [-0.3, -0.25) is 14.3 Å². The number of H-pyrrole nitrogens is 1. The van der Waals surface area contributed by atoms with Crippen LogP contribution < -0.4 is 16.0 Å². The molecule has 2 atom stereocenters. The van der Waals surface area contributed by atoms with Crippen molar-refractivity contribution in [1.82, 2.24) is 14.3 Å². The summed E-state index contributed by atoms with van der Waals surface area (Å²) in [6.07, 6.45) is 6.26. The Hall–Kier alpha value is -2.19. The van der Waals surface area contributed by atoms with Gasteiger partial charge >= 0.3 is 5.69 Å². The molecule has 7 nitrogen and oxygen atoms in total. The zero-order valence-corrected chi connectivity index (χ0v) is 16.5. The van der Waals surface area contributed by atoms with Gasteiger partial charge < -0.3 is 0 Å². The van der Waals surface area contributed by atoms with E-state index in [2.05, 4.69) is 9.71 Å². The summed E-state index contributed by atoms with van der Waals surface area (Å²) >= 11 is 0.